The first kappa shape index (κ1) is 14.0. The average molecular weight is 295 g/mol. The van der Waals surface area contributed by atoms with Crippen LogP contribution in [0.4, 0.5) is 0 Å². The number of aryl methyl sites for hydroxylation is 2. The van der Waals surface area contributed by atoms with Gasteiger partial charge in [-0.3, -0.25) is 0 Å². The molecule has 1 aliphatic carbocycles. The Labute approximate surface area is 120 Å². The Morgan fingerprint density at radius 1 is 1.25 bits per heavy atom. The van der Waals surface area contributed by atoms with E-state index in [1.54, 1.807) is 6.07 Å². The first-order valence-electron chi connectivity index (χ1n) is 7.28. The molecule has 1 saturated heterocycles. The summed E-state index contributed by atoms with van der Waals surface area (Å²) < 4.78 is 26.7. The van der Waals surface area contributed by atoms with Gasteiger partial charge in [-0.15, -0.1) is 0 Å². The van der Waals surface area contributed by atoms with Crippen LogP contribution in [0.2, 0.25) is 0 Å². The quantitative estimate of drug-likeness (QED) is 0.901. The van der Waals surface area contributed by atoms with Crippen LogP contribution in [0.15, 0.2) is 23.1 Å². The monoisotopic (exact) mass is 295 g/mol. The summed E-state index contributed by atoms with van der Waals surface area (Å²) >= 11 is 0. The molecule has 5 heteroatoms. The summed E-state index contributed by atoms with van der Waals surface area (Å²) in [6.45, 7) is 2.67. The molecule has 1 aromatic rings. The standard InChI is InChI=1S/C15H21NO3S/c1-11-7-8-16(10-15(11)17)20(18,19)14-6-5-12-3-2-4-13(12)9-14/h5-6,9,11,15,17H,2-4,7-8,10H2,1H3. The number of sulfonamides is 1. The van der Waals surface area contributed by atoms with Crippen molar-refractivity contribution in [3.63, 3.8) is 0 Å². The molecule has 1 N–H and O–H groups in total. The molecule has 0 amide bonds. The van der Waals surface area contributed by atoms with Gasteiger partial charge < -0.3 is 5.11 Å². The molecule has 0 radical (unpaired) electrons. The molecule has 1 heterocycles. The van der Waals surface area contributed by atoms with Crippen molar-refractivity contribution in [2.45, 2.75) is 43.6 Å². The second-order valence-electron chi connectivity index (χ2n) is 5.98. The SMILES string of the molecule is CC1CCN(S(=O)(=O)c2ccc3c(c2)CCC3)CC1O. The second kappa shape index (κ2) is 5.13. The summed E-state index contributed by atoms with van der Waals surface area (Å²) in [6, 6.07) is 5.48. The van der Waals surface area contributed by atoms with Crippen LogP contribution in [0, 0.1) is 5.92 Å². The van der Waals surface area contributed by atoms with Gasteiger partial charge in [-0.25, -0.2) is 8.42 Å². The van der Waals surface area contributed by atoms with Crippen LogP contribution in [-0.4, -0.2) is 37.0 Å². The van der Waals surface area contributed by atoms with Crippen LogP contribution < -0.4 is 0 Å². The molecule has 4 nitrogen and oxygen atoms in total. The fourth-order valence-electron chi connectivity index (χ4n) is 3.10. The third-order valence-corrected chi connectivity index (χ3v) is 6.45. The first-order valence-corrected chi connectivity index (χ1v) is 8.72. The number of aliphatic hydroxyl groups is 1. The predicted octanol–water partition coefficient (Wildman–Crippen LogP) is 1.57. The lowest BCUT2D eigenvalue weighted by Crippen LogP contribution is -2.45. The normalized spacial score (nSPS) is 27.5. The van der Waals surface area contributed by atoms with Crippen LogP contribution in [0.3, 0.4) is 0 Å². The van der Waals surface area contributed by atoms with Crippen LogP contribution in [0.5, 0.6) is 0 Å². The minimum absolute atomic E-state index is 0.168. The molecule has 0 bridgehead atoms. The first-order chi connectivity index (χ1) is 9.48. The fraction of sp³-hybridized carbons (Fsp3) is 0.600. The van der Waals surface area contributed by atoms with Gasteiger partial charge >= 0.3 is 0 Å². The maximum absolute atomic E-state index is 12.7. The van der Waals surface area contributed by atoms with Crippen LogP contribution in [0.1, 0.15) is 30.9 Å². The Morgan fingerprint density at radius 2 is 2.00 bits per heavy atom. The number of piperidine rings is 1. The number of hydrogen-bond donors (Lipinski definition) is 1. The fourth-order valence-corrected chi connectivity index (χ4v) is 4.62. The van der Waals surface area contributed by atoms with E-state index in [-0.39, 0.29) is 12.5 Å². The maximum atomic E-state index is 12.7. The van der Waals surface area contributed by atoms with E-state index in [9.17, 15) is 13.5 Å². The van der Waals surface area contributed by atoms with Crippen molar-refractivity contribution in [1.29, 1.82) is 0 Å². The van der Waals surface area contributed by atoms with Gasteiger partial charge in [0.25, 0.3) is 0 Å². The number of aliphatic hydroxyl groups excluding tert-OH is 1. The largest absolute Gasteiger partial charge is 0.391 e. The molecule has 3 rings (SSSR count). The average Bonchev–Trinajstić information content (AvgIpc) is 2.89. The molecular weight excluding hydrogens is 274 g/mol. The number of rotatable bonds is 2. The molecule has 1 aromatic carbocycles. The van der Waals surface area contributed by atoms with Gasteiger partial charge in [0.05, 0.1) is 11.0 Å². The topological polar surface area (TPSA) is 57.6 Å². The number of hydrogen-bond acceptors (Lipinski definition) is 3. The van der Waals surface area contributed by atoms with Crippen molar-refractivity contribution in [3.8, 4) is 0 Å². The summed E-state index contributed by atoms with van der Waals surface area (Å²) in [5.41, 5.74) is 2.44. The van der Waals surface area contributed by atoms with Crippen LogP contribution in [-0.2, 0) is 22.9 Å². The highest BCUT2D eigenvalue weighted by Gasteiger charge is 2.33. The summed E-state index contributed by atoms with van der Waals surface area (Å²) in [4.78, 5) is 0.375. The van der Waals surface area contributed by atoms with E-state index >= 15 is 0 Å². The molecule has 1 fully saturated rings. The molecule has 2 unspecified atom stereocenters. The lowest BCUT2D eigenvalue weighted by molar-refractivity contribution is 0.0605. The Kier molecular flexibility index (Phi) is 3.60. The van der Waals surface area contributed by atoms with Crippen molar-refractivity contribution in [1.82, 2.24) is 4.31 Å². The van der Waals surface area contributed by atoms with E-state index in [0.29, 0.717) is 17.9 Å². The Morgan fingerprint density at radius 3 is 2.75 bits per heavy atom. The van der Waals surface area contributed by atoms with E-state index in [4.69, 9.17) is 0 Å². The Hall–Kier alpha value is -0.910. The number of nitrogens with zero attached hydrogens (tertiary/aromatic N) is 1. The van der Waals surface area contributed by atoms with E-state index in [1.165, 1.54) is 9.87 Å². The van der Waals surface area contributed by atoms with Crippen molar-refractivity contribution >= 4 is 10.0 Å². The van der Waals surface area contributed by atoms with E-state index in [2.05, 4.69) is 0 Å². The third-order valence-electron chi connectivity index (χ3n) is 4.59. The zero-order chi connectivity index (χ0) is 14.3. The lowest BCUT2D eigenvalue weighted by atomic mass is 9.98. The molecular formula is C15H21NO3S. The van der Waals surface area contributed by atoms with Gasteiger partial charge in [0, 0.05) is 13.1 Å². The molecule has 110 valence electrons. The van der Waals surface area contributed by atoms with Crippen molar-refractivity contribution < 1.29 is 13.5 Å². The van der Waals surface area contributed by atoms with Crippen molar-refractivity contribution in [2.75, 3.05) is 13.1 Å². The van der Waals surface area contributed by atoms with Gasteiger partial charge in [0.1, 0.15) is 0 Å². The Bertz CT molecular complexity index is 612. The highest BCUT2D eigenvalue weighted by atomic mass is 32.2. The van der Waals surface area contributed by atoms with E-state index in [0.717, 1.165) is 24.8 Å². The van der Waals surface area contributed by atoms with Gasteiger partial charge in [0.15, 0.2) is 0 Å². The maximum Gasteiger partial charge on any atom is 0.243 e. The van der Waals surface area contributed by atoms with Crippen molar-refractivity contribution in [2.24, 2.45) is 5.92 Å². The second-order valence-corrected chi connectivity index (χ2v) is 7.92. The van der Waals surface area contributed by atoms with Gasteiger partial charge in [-0.1, -0.05) is 13.0 Å². The van der Waals surface area contributed by atoms with E-state index in [1.807, 2.05) is 19.1 Å². The van der Waals surface area contributed by atoms with E-state index < -0.39 is 16.1 Å². The highest BCUT2D eigenvalue weighted by molar-refractivity contribution is 7.89. The van der Waals surface area contributed by atoms with Crippen molar-refractivity contribution in [3.05, 3.63) is 29.3 Å². The minimum Gasteiger partial charge on any atom is -0.391 e. The predicted molar refractivity (Wildman–Crippen MR) is 77.0 cm³/mol. The smallest absolute Gasteiger partial charge is 0.243 e. The zero-order valence-electron chi connectivity index (χ0n) is 11.7. The number of β-amino-alcohol motifs (C(OH)–C–C–N with tert-alkyl or cyclic N) is 1. The van der Waals surface area contributed by atoms with Gasteiger partial charge in [-0.05, 0) is 54.9 Å². The zero-order valence-corrected chi connectivity index (χ0v) is 12.6. The number of benzene rings is 1. The molecule has 2 atom stereocenters. The number of fused-ring (bicyclic) bond motifs is 1. The summed E-state index contributed by atoms with van der Waals surface area (Å²) in [6.07, 6.45) is 3.28. The molecule has 0 spiro atoms. The molecule has 1 aliphatic heterocycles. The molecule has 20 heavy (non-hydrogen) atoms. The Balaban J connectivity index is 1.88. The van der Waals surface area contributed by atoms with Crippen LogP contribution >= 0.6 is 0 Å². The van der Waals surface area contributed by atoms with Gasteiger partial charge in [0.2, 0.25) is 10.0 Å². The molecule has 0 aromatic heterocycles. The van der Waals surface area contributed by atoms with Crippen LogP contribution in [0.25, 0.3) is 0 Å². The molecule has 2 aliphatic rings. The lowest BCUT2D eigenvalue weighted by Gasteiger charge is -2.33. The summed E-state index contributed by atoms with van der Waals surface area (Å²) in [5.74, 6) is 0.168. The van der Waals surface area contributed by atoms with Gasteiger partial charge in [-0.2, -0.15) is 4.31 Å². The molecule has 0 saturated carbocycles. The minimum atomic E-state index is -3.47. The highest BCUT2D eigenvalue weighted by Crippen LogP contribution is 2.28. The summed E-state index contributed by atoms with van der Waals surface area (Å²) in [7, 11) is -3.47. The summed E-state index contributed by atoms with van der Waals surface area (Å²) in [5, 5.41) is 9.91. The third kappa shape index (κ3) is 2.38.